The van der Waals surface area contributed by atoms with Crippen LogP contribution in [0.3, 0.4) is 0 Å². The van der Waals surface area contributed by atoms with E-state index >= 15 is 0 Å². The van der Waals surface area contributed by atoms with E-state index in [1.54, 1.807) is 23.9 Å². The summed E-state index contributed by atoms with van der Waals surface area (Å²) in [6, 6.07) is 3.97. The number of ether oxygens (including phenoxy) is 1. The molecular formula is C14H15N5OS. The molecule has 1 aliphatic rings. The van der Waals surface area contributed by atoms with Gasteiger partial charge in [-0.1, -0.05) is 0 Å². The Kier molecular flexibility index (Phi) is 3.28. The van der Waals surface area contributed by atoms with E-state index in [1.165, 1.54) is 0 Å². The Labute approximate surface area is 126 Å². The molecule has 4 rings (SSSR count). The van der Waals surface area contributed by atoms with Crippen LogP contribution in [-0.2, 0) is 11.3 Å². The molecule has 1 atom stereocenters. The molecule has 0 N–H and O–H groups in total. The lowest BCUT2D eigenvalue weighted by atomic mass is 10.2. The first-order chi connectivity index (χ1) is 10.4. The van der Waals surface area contributed by atoms with Crippen LogP contribution in [0.5, 0.6) is 0 Å². The number of nitrogens with zero attached hydrogens (tertiary/aromatic N) is 5. The first-order valence-corrected chi connectivity index (χ1v) is 7.80. The van der Waals surface area contributed by atoms with E-state index in [-0.39, 0.29) is 6.10 Å². The predicted octanol–water partition coefficient (Wildman–Crippen LogP) is 1.79. The minimum Gasteiger partial charge on any atom is -0.373 e. The molecule has 0 aromatic carbocycles. The smallest absolute Gasteiger partial charge is 0.150 e. The van der Waals surface area contributed by atoms with Gasteiger partial charge >= 0.3 is 0 Å². The third-order valence-electron chi connectivity index (χ3n) is 3.61. The van der Waals surface area contributed by atoms with Crippen molar-refractivity contribution in [1.29, 1.82) is 0 Å². The van der Waals surface area contributed by atoms with Crippen LogP contribution in [0.2, 0.25) is 0 Å². The molecule has 1 aliphatic heterocycles. The van der Waals surface area contributed by atoms with Gasteiger partial charge in [-0.25, -0.2) is 9.97 Å². The van der Waals surface area contributed by atoms with Crippen molar-refractivity contribution in [3.63, 3.8) is 0 Å². The zero-order chi connectivity index (χ0) is 14.1. The molecule has 0 radical (unpaired) electrons. The zero-order valence-corrected chi connectivity index (χ0v) is 12.2. The summed E-state index contributed by atoms with van der Waals surface area (Å²) < 4.78 is 8.92. The fraction of sp³-hybridized carbons (Fsp3) is 0.357. The molecule has 0 aliphatic carbocycles. The summed E-state index contributed by atoms with van der Waals surface area (Å²) in [5.41, 5.74) is 1.01. The van der Waals surface area contributed by atoms with Gasteiger partial charge in [0.2, 0.25) is 0 Å². The molecule has 108 valence electrons. The van der Waals surface area contributed by atoms with Crippen molar-refractivity contribution in [3.05, 3.63) is 36.2 Å². The number of hydrogen-bond donors (Lipinski definition) is 0. The van der Waals surface area contributed by atoms with E-state index in [1.807, 2.05) is 23.0 Å². The minimum atomic E-state index is 0.128. The van der Waals surface area contributed by atoms with Gasteiger partial charge in [-0.3, -0.25) is 4.68 Å². The van der Waals surface area contributed by atoms with E-state index in [2.05, 4.69) is 25.3 Å². The van der Waals surface area contributed by atoms with Crippen molar-refractivity contribution < 1.29 is 4.74 Å². The van der Waals surface area contributed by atoms with Gasteiger partial charge in [0.25, 0.3) is 0 Å². The van der Waals surface area contributed by atoms with Crippen LogP contribution in [-0.4, -0.2) is 45.5 Å². The Morgan fingerprint density at radius 2 is 2.38 bits per heavy atom. The van der Waals surface area contributed by atoms with Gasteiger partial charge < -0.3 is 9.64 Å². The van der Waals surface area contributed by atoms with Gasteiger partial charge in [0.15, 0.2) is 0 Å². The monoisotopic (exact) mass is 301 g/mol. The molecule has 6 nitrogen and oxygen atoms in total. The summed E-state index contributed by atoms with van der Waals surface area (Å²) in [6.45, 7) is 3.16. The summed E-state index contributed by atoms with van der Waals surface area (Å²) >= 11 is 1.69. The van der Waals surface area contributed by atoms with E-state index in [0.717, 1.165) is 35.7 Å². The molecule has 1 unspecified atom stereocenters. The number of rotatable bonds is 3. The highest BCUT2D eigenvalue weighted by Gasteiger charge is 2.23. The first kappa shape index (κ1) is 12.7. The number of anilines is 1. The van der Waals surface area contributed by atoms with Crippen molar-refractivity contribution in [2.75, 3.05) is 24.6 Å². The third-order valence-corrected chi connectivity index (χ3v) is 4.51. The molecule has 3 aromatic rings. The molecule has 0 amide bonds. The second-order valence-electron chi connectivity index (χ2n) is 5.00. The van der Waals surface area contributed by atoms with E-state index in [4.69, 9.17) is 4.74 Å². The molecule has 0 bridgehead atoms. The summed E-state index contributed by atoms with van der Waals surface area (Å²) in [7, 11) is 0. The minimum absolute atomic E-state index is 0.128. The summed E-state index contributed by atoms with van der Waals surface area (Å²) in [6.07, 6.45) is 5.52. The van der Waals surface area contributed by atoms with Gasteiger partial charge in [-0.05, 0) is 17.5 Å². The molecule has 4 heterocycles. The number of aromatic nitrogens is 4. The van der Waals surface area contributed by atoms with E-state index < -0.39 is 0 Å². The fourth-order valence-electron chi connectivity index (χ4n) is 2.64. The average Bonchev–Trinajstić information content (AvgIpc) is 3.18. The van der Waals surface area contributed by atoms with Gasteiger partial charge in [0, 0.05) is 25.5 Å². The number of thiophene rings is 1. The topological polar surface area (TPSA) is 56.1 Å². The van der Waals surface area contributed by atoms with Crippen molar-refractivity contribution in [2.24, 2.45) is 0 Å². The van der Waals surface area contributed by atoms with Crippen LogP contribution in [0.15, 0.2) is 36.2 Å². The Bertz CT molecular complexity index is 726. The maximum atomic E-state index is 5.85. The molecule has 0 saturated carbocycles. The lowest BCUT2D eigenvalue weighted by Gasteiger charge is -2.33. The molecule has 0 spiro atoms. The van der Waals surface area contributed by atoms with Gasteiger partial charge in [0.05, 0.1) is 29.5 Å². The SMILES string of the molecule is c1cnn(CC2CN(c3ncnc4ccsc34)CCO2)c1. The predicted molar refractivity (Wildman–Crippen MR) is 81.6 cm³/mol. The highest BCUT2D eigenvalue weighted by molar-refractivity contribution is 7.17. The third kappa shape index (κ3) is 2.50. The van der Waals surface area contributed by atoms with Crippen LogP contribution >= 0.6 is 11.3 Å². The van der Waals surface area contributed by atoms with Crippen LogP contribution < -0.4 is 4.90 Å². The van der Waals surface area contributed by atoms with Crippen molar-refractivity contribution >= 4 is 27.4 Å². The highest BCUT2D eigenvalue weighted by Crippen LogP contribution is 2.28. The zero-order valence-electron chi connectivity index (χ0n) is 11.4. The molecule has 7 heteroatoms. The summed E-state index contributed by atoms with van der Waals surface area (Å²) in [5, 5.41) is 6.30. The number of morpholine rings is 1. The first-order valence-electron chi connectivity index (χ1n) is 6.92. The normalized spacial score (nSPS) is 19.2. The Hall–Kier alpha value is -1.99. The molecule has 1 fully saturated rings. The van der Waals surface area contributed by atoms with Crippen LogP contribution in [0.25, 0.3) is 10.2 Å². The second-order valence-corrected chi connectivity index (χ2v) is 5.92. The van der Waals surface area contributed by atoms with Crippen molar-refractivity contribution in [1.82, 2.24) is 19.7 Å². The van der Waals surface area contributed by atoms with Crippen LogP contribution in [0.1, 0.15) is 0 Å². The van der Waals surface area contributed by atoms with Gasteiger partial charge in [0.1, 0.15) is 12.1 Å². The molecule has 3 aromatic heterocycles. The van der Waals surface area contributed by atoms with E-state index in [9.17, 15) is 0 Å². The average molecular weight is 301 g/mol. The fourth-order valence-corrected chi connectivity index (χ4v) is 3.50. The van der Waals surface area contributed by atoms with Crippen LogP contribution in [0, 0.1) is 0 Å². The highest BCUT2D eigenvalue weighted by atomic mass is 32.1. The molecular weight excluding hydrogens is 286 g/mol. The van der Waals surface area contributed by atoms with Crippen LogP contribution in [0.4, 0.5) is 5.82 Å². The van der Waals surface area contributed by atoms with Gasteiger partial charge in [-0.15, -0.1) is 11.3 Å². The maximum Gasteiger partial charge on any atom is 0.150 e. The maximum absolute atomic E-state index is 5.85. The van der Waals surface area contributed by atoms with Crippen molar-refractivity contribution in [3.8, 4) is 0 Å². The lowest BCUT2D eigenvalue weighted by Crippen LogP contribution is -2.44. The number of fused-ring (bicyclic) bond motifs is 1. The second kappa shape index (κ2) is 5.42. The number of hydrogen-bond acceptors (Lipinski definition) is 6. The largest absolute Gasteiger partial charge is 0.373 e. The Morgan fingerprint density at radius 3 is 3.29 bits per heavy atom. The Morgan fingerprint density at radius 1 is 1.38 bits per heavy atom. The summed E-state index contributed by atoms with van der Waals surface area (Å²) in [4.78, 5) is 11.1. The van der Waals surface area contributed by atoms with Gasteiger partial charge in [-0.2, -0.15) is 5.10 Å². The standard InChI is InChI=1S/C14H15N5OS/c1-3-17-19(4-1)9-11-8-18(5-6-20-11)14-13-12(2-7-21-13)15-10-16-14/h1-4,7,10-11H,5-6,8-9H2. The summed E-state index contributed by atoms with van der Waals surface area (Å²) in [5.74, 6) is 1.02. The Balaban J connectivity index is 1.56. The lowest BCUT2D eigenvalue weighted by molar-refractivity contribution is 0.0273. The molecule has 21 heavy (non-hydrogen) atoms. The van der Waals surface area contributed by atoms with E-state index in [0.29, 0.717) is 6.61 Å². The quantitative estimate of drug-likeness (QED) is 0.738. The molecule has 1 saturated heterocycles. The van der Waals surface area contributed by atoms with Crippen molar-refractivity contribution in [2.45, 2.75) is 12.6 Å².